The van der Waals surface area contributed by atoms with Crippen LogP contribution in [0.2, 0.25) is 0 Å². The molecule has 18 heavy (non-hydrogen) atoms. The SMILES string of the molecule is Cn1ccnc1CC(=O)NCCc1ccccc1. The van der Waals surface area contributed by atoms with Gasteiger partial charge in [-0.3, -0.25) is 4.79 Å². The first kappa shape index (κ1) is 12.4. The number of carbonyl (C=O) groups excluding carboxylic acids is 1. The molecule has 2 rings (SSSR count). The van der Waals surface area contributed by atoms with Crippen molar-refractivity contribution in [3.63, 3.8) is 0 Å². The summed E-state index contributed by atoms with van der Waals surface area (Å²) < 4.78 is 1.86. The summed E-state index contributed by atoms with van der Waals surface area (Å²) in [6.45, 7) is 0.660. The van der Waals surface area contributed by atoms with Crippen molar-refractivity contribution in [3.05, 3.63) is 54.1 Å². The van der Waals surface area contributed by atoms with E-state index in [1.165, 1.54) is 5.56 Å². The molecule has 0 aliphatic carbocycles. The Morgan fingerprint density at radius 3 is 2.78 bits per heavy atom. The van der Waals surface area contributed by atoms with E-state index < -0.39 is 0 Å². The molecule has 4 heteroatoms. The van der Waals surface area contributed by atoms with Crippen molar-refractivity contribution in [3.8, 4) is 0 Å². The van der Waals surface area contributed by atoms with Crippen LogP contribution in [0, 0.1) is 0 Å². The fourth-order valence-corrected chi connectivity index (χ4v) is 1.76. The van der Waals surface area contributed by atoms with E-state index >= 15 is 0 Å². The molecule has 0 unspecified atom stereocenters. The summed E-state index contributed by atoms with van der Waals surface area (Å²) in [5, 5.41) is 2.90. The van der Waals surface area contributed by atoms with Crippen molar-refractivity contribution in [2.75, 3.05) is 6.54 Å². The summed E-state index contributed by atoms with van der Waals surface area (Å²) in [5.41, 5.74) is 1.23. The first-order valence-electron chi connectivity index (χ1n) is 6.02. The van der Waals surface area contributed by atoms with Crippen molar-refractivity contribution < 1.29 is 4.79 Å². The third kappa shape index (κ3) is 3.45. The van der Waals surface area contributed by atoms with Crippen molar-refractivity contribution in [2.45, 2.75) is 12.8 Å². The molecule has 1 aromatic heterocycles. The Hall–Kier alpha value is -2.10. The highest BCUT2D eigenvalue weighted by molar-refractivity contribution is 5.77. The lowest BCUT2D eigenvalue weighted by Gasteiger charge is -2.05. The minimum atomic E-state index is 0.0141. The number of benzene rings is 1. The summed E-state index contributed by atoms with van der Waals surface area (Å²) in [5.74, 6) is 0.799. The molecular formula is C14H17N3O. The normalized spacial score (nSPS) is 10.3. The predicted molar refractivity (Wildman–Crippen MR) is 70.1 cm³/mol. The molecule has 1 N–H and O–H groups in total. The van der Waals surface area contributed by atoms with Crippen LogP contribution in [0.4, 0.5) is 0 Å². The first-order chi connectivity index (χ1) is 8.75. The van der Waals surface area contributed by atoms with Crippen molar-refractivity contribution >= 4 is 5.91 Å². The summed E-state index contributed by atoms with van der Waals surface area (Å²) in [4.78, 5) is 15.8. The molecule has 0 fully saturated rings. The maximum atomic E-state index is 11.7. The molecule has 2 aromatic rings. The molecule has 0 aliphatic heterocycles. The van der Waals surface area contributed by atoms with Gasteiger partial charge in [0.2, 0.25) is 5.91 Å². The highest BCUT2D eigenvalue weighted by Gasteiger charge is 2.06. The second kappa shape index (κ2) is 6.00. The van der Waals surface area contributed by atoms with Gasteiger partial charge >= 0.3 is 0 Å². The zero-order valence-corrected chi connectivity index (χ0v) is 10.5. The Balaban J connectivity index is 1.74. The van der Waals surface area contributed by atoms with Crippen LogP contribution in [0.15, 0.2) is 42.7 Å². The number of aryl methyl sites for hydroxylation is 1. The first-order valence-corrected chi connectivity index (χ1v) is 6.02. The number of nitrogens with one attached hydrogen (secondary N) is 1. The van der Waals surface area contributed by atoms with Gasteiger partial charge in [-0.25, -0.2) is 4.98 Å². The summed E-state index contributed by atoms with van der Waals surface area (Å²) >= 11 is 0. The second-order valence-corrected chi connectivity index (χ2v) is 4.22. The van der Waals surface area contributed by atoms with Crippen LogP contribution < -0.4 is 5.32 Å². The molecule has 4 nitrogen and oxygen atoms in total. The van der Waals surface area contributed by atoms with Gasteiger partial charge in [-0.05, 0) is 12.0 Å². The Morgan fingerprint density at radius 2 is 2.11 bits per heavy atom. The Kier molecular flexibility index (Phi) is 4.12. The zero-order valence-electron chi connectivity index (χ0n) is 10.5. The molecule has 1 aromatic carbocycles. The van der Waals surface area contributed by atoms with E-state index in [1.54, 1.807) is 6.20 Å². The zero-order chi connectivity index (χ0) is 12.8. The van der Waals surface area contributed by atoms with Gasteiger partial charge < -0.3 is 9.88 Å². The topological polar surface area (TPSA) is 46.9 Å². The van der Waals surface area contributed by atoms with Crippen molar-refractivity contribution in [1.82, 2.24) is 14.9 Å². The lowest BCUT2D eigenvalue weighted by Crippen LogP contribution is -2.28. The third-order valence-electron chi connectivity index (χ3n) is 2.82. The number of hydrogen-bond acceptors (Lipinski definition) is 2. The van der Waals surface area contributed by atoms with Crippen molar-refractivity contribution in [1.29, 1.82) is 0 Å². The molecule has 94 valence electrons. The van der Waals surface area contributed by atoms with Crippen LogP contribution in [-0.4, -0.2) is 22.0 Å². The van der Waals surface area contributed by atoms with Crippen LogP contribution in [0.1, 0.15) is 11.4 Å². The molecule has 1 heterocycles. The van der Waals surface area contributed by atoms with Crippen LogP contribution in [0.5, 0.6) is 0 Å². The molecule has 0 saturated heterocycles. The van der Waals surface area contributed by atoms with E-state index in [0.717, 1.165) is 12.2 Å². The smallest absolute Gasteiger partial charge is 0.227 e. The highest BCUT2D eigenvalue weighted by Crippen LogP contribution is 1.99. The minimum Gasteiger partial charge on any atom is -0.355 e. The molecule has 0 atom stereocenters. The maximum Gasteiger partial charge on any atom is 0.227 e. The molecule has 0 aliphatic rings. The number of amides is 1. The number of hydrogen-bond donors (Lipinski definition) is 1. The van der Waals surface area contributed by atoms with E-state index in [2.05, 4.69) is 22.4 Å². The van der Waals surface area contributed by atoms with Gasteiger partial charge in [0.15, 0.2) is 0 Å². The molecular weight excluding hydrogens is 226 g/mol. The van der Waals surface area contributed by atoms with Crippen LogP contribution in [0.3, 0.4) is 0 Å². The molecule has 0 radical (unpaired) electrons. The monoisotopic (exact) mass is 243 g/mol. The maximum absolute atomic E-state index is 11.7. The fourth-order valence-electron chi connectivity index (χ4n) is 1.76. The van der Waals surface area contributed by atoms with Crippen LogP contribution >= 0.6 is 0 Å². The Bertz CT molecular complexity index is 505. The number of nitrogens with zero attached hydrogens (tertiary/aromatic N) is 2. The minimum absolute atomic E-state index is 0.0141. The highest BCUT2D eigenvalue weighted by atomic mass is 16.1. The number of rotatable bonds is 5. The molecule has 0 bridgehead atoms. The van der Waals surface area contributed by atoms with Crippen molar-refractivity contribution in [2.24, 2.45) is 7.05 Å². The molecule has 0 saturated carbocycles. The standard InChI is InChI=1S/C14H17N3O/c1-17-10-9-15-13(17)11-14(18)16-8-7-12-5-3-2-4-6-12/h2-6,9-10H,7-8,11H2,1H3,(H,16,18). The predicted octanol–water partition coefficient (Wildman–Crippen LogP) is 1.32. The quantitative estimate of drug-likeness (QED) is 0.861. The summed E-state index contributed by atoms with van der Waals surface area (Å²) in [6, 6.07) is 10.1. The second-order valence-electron chi connectivity index (χ2n) is 4.22. The van der Waals surface area contributed by atoms with Crippen LogP contribution in [-0.2, 0) is 24.7 Å². The van der Waals surface area contributed by atoms with Gasteiger partial charge in [0.25, 0.3) is 0 Å². The fraction of sp³-hybridized carbons (Fsp3) is 0.286. The van der Waals surface area contributed by atoms with Gasteiger partial charge in [0.1, 0.15) is 5.82 Å². The third-order valence-corrected chi connectivity index (χ3v) is 2.82. The summed E-state index contributed by atoms with van der Waals surface area (Å²) in [7, 11) is 1.89. The van der Waals surface area contributed by atoms with E-state index in [0.29, 0.717) is 13.0 Å². The largest absolute Gasteiger partial charge is 0.355 e. The Labute approximate surface area is 107 Å². The van der Waals surface area contributed by atoms with Gasteiger partial charge in [-0.1, -0.05) is 30.3 Å². The number of imidazole rings is 1. The van der Waals surface area contributed by atoms with E-state index in [4.69, 9.17) is 0 Å². The number of carbonyl (C=O) groups is 1. The van der Waals surface area contributed by atoms with Crippen LogP contribution in [0.25, 0.3) is 0 Å². The summed E-state index contributed by atoms with van der Waals surface area (Å²) in [6.07, 6.45) is 4.73. The van der Waals surface area contributed by atoms with Gasteiger partial charge in [-0.15, -0.1) is 0 Å². The molecule has 1 amide bonds. The average Bonchev–Trinajstić information content (AvgIpc) is 2.76. The number of aromatic nitrogens is 2. The lowest BCUT2D eigenvalue weighted by atomic mass is 10.1. The van der Waals surface area contributed by atoms with E-state index in [9.17, 15) is 4.79 Å². The van der Waals surface area contributed by atoms with E-state index in [-0.39, 0.29) is 5.91 Å². The lowest BCUT2D eigenvalue weighted by molar-refractivity contribution is -0.120. The average molecular weight is 243 g/mol. The Morgan fingerprint density at radius 1 is 1.33 bits per heavy atom. The van der Waals surface area contributed by atoms with Gasteiger partial charge in [0, 0.05) is 26.0 Å². The van der Waals surface area contributed by atoms with Gasteiger partial charge in [0.05, 0.1) is 6.42 Å². The van der Waals surface area contributed by atoms with E-state index in [1.807, 2.05) is 36.0 Å². The van der Waals surface area contributed by atoms with Gasteiger partial charge in [-0.2, -0.15) is 0 Å². The molecule has 0 spiro atoms.